The molecule has 0 aliphatic heterocycles. The van der Waals surface area contributed by atoms with E-state index in [0.717, 1.165) is 0 Å². The minimum atomic E-state index is -1.23. The van der Waals surface area contributed by atoms with Gasteiger partial charge >= 0.3 is 160 Å². The summed E-state index contributed by atoms with van der Waals surface area (Å²) in [6.07, 6.45) is -1.23. The van der Waals surface area contributed by atoms with Crippen LogP contribution in [0.25, 0.3) is 0 Å². The van der Waals surface area contributed by atoms with Crippen molar-refractivity contribution < 1.29 is 15.0 Å². The SMILES string of the molecule is CC(O)C(=O)O.[KH].[KH].[KH]. The molecule has 0 aromatic rings. The van der Waals surface area contributed by atoms with Crippen LogP contribution in [-0.2, 0) is 4.79 Å². The van der Waals surface area contributed by atoms with E-state index in [4.69, 9.17) is 10.2 Å². The van der Waals surface area contributed by atoms with Crippen LogP contribution in [0.4, 0.5) is 0 Å². The van der Waals surface area contributed by atoms with Gasteiger partial charge < -0.3 is 10.2 Å². The number of rotatable bonds is 1. The van der Waals surface area contributed by atoms with E-state index in [1.165, 1.54) is 6.92 Å². The van der Waals surface area contributed by atoms with Crippen molar-refractivity contribution in [1.29, 1.82) is 0 Å². The van der Waals surface area contributed by atoms with Crippen LogP contribution in [0.1, 0.15) is 6.92 Å². The summed E-state index contributed by atoms with van der Waals surface area (Å²) in [5.74, 6) is -1.19. The number of carboxylic acid groups (broad SMARTS) is 1. The summed E-state index contributed by atoms with van der Waals surface area (Å²) >= 11 is 0. The first-order chi connectivity index (χ1) is 2.64. The fourth-order valence-electron chi connectivity index (χ4n) is 0. The quantitative estimate of drug-likeness (QED) is 0.471. The third-order valence-corrected chi connectivity index (χ3v) is 0.357. The Labute approximate surface area is 182 Å². The van der Waals surface area contributed by atoms with E-state index in [1.807, 2.05) is 0 Å². The molecule has 0 fully saturated rings. The Hall–Kier alpha value is 4.34. The molecule has 0 bridgehead atoms. The van der Waals surface area contributed by atoms with Gasteiger partial charge in [-0.15, -0.1) is 0 Å². The summed E-state index contributed by atoms with van der Waals surface area (Å²) in [6.45, 7) is 1.20. The molecule has 42 valence electrons. The van der Waals surface area contributed by atoms with Gasteiger partial charge in [0.25, 0.3) is 0 Å². The van der Waals surface area contributed by atoms with Crippen LogP contribution in [0.3, 0.4) is 0 Å². The van der Waals surface area contributed by atoms with Gasteiger partial charge in [-0.3, -0.25) is 0 Å². The zero-order chi connectivity index (χ0) is 5.15. The third-order valence-electron chi connectivity index (χ3n) is 0.357. The Bertz CT molecular complexity index is 65.3. The Morgan fingerprint density at radius 3 is 1.44 bits per heavy atom. The first-order valence-corrected chi connectivity index (χ1v) is 1.55. The van der Waals surface area contributed by atoms with Crippen molar-refractivity contribution in [3.63, 3.8) is 0 Å². The topological polar surface area (TPSA) is 57.5 Å². The van der Waals surface area contributed by atoms with Gasteiger partial charge in [-0.2, -0.15) is 0 Å². The summed E-state index contributed by atoms with van der Waals surface area (Å²) < 4.78 is 0. The Morgan fingerprint density at radius 2 is 1.44 bits per heavy atom. The first kappa shape index (κ1) is 23.3. The van der Waals surface area contributed by atoms with Gasteiger partial charge in [-0.05, 0) is 6.92 Å². The molecule has 0 radical (unpaired) electrons. The monoisotopic (exact) mass is 210 g/mol. The molecule has 0 aromatic heterocycles. The standard InChI is InChI=1S/C3H6O3.3K.3H/c1-2(4)3(5)6;;;;;;/h2,4H,1H3,(H,5,6);;;;;;. The normalized spacial score (nSPS) is 9.11. The number of hydrogen-bond acceptors (Lipinski definition) is 2. The van der Waals surface area contributed by atoms with Crippen molar-refractivity contribution in [2.24, 2.45) is 0 Å². The number of aliphatic hydroxyl groups excluding tert-OH is 1. The number of aliphatic hydroxyl groups is 1. The van der Waals surface area contributed by atoms with Crippen molar-refractivity contribution >= 4 is 160 Å². The molecule has 0 aromatic carbocycles. The predicted molar refractivity (Wildman–Crippen MR) is 40.8 cm³/mol. The van der Waals surface area contributed by atoms with Crippen LogP contribution >= 0.6 is 0 Å². The Kier molecular flexibility index (Phi) is 38.4. The van der Waals surface area contributed by atoms with E-state index < -0.39 is 12.1 Å². The maximum absolute atomic E-state index is 9.45. The van der Waals surface area contributed by atoms with Crippen LogP contribution in [0, 0.1) is 0 Å². The molecule has 0 spiro atoms. The molecule has 0 rings (SSSR count). The van der Waals surface area contributed by atoms with Crippen molar-refractivity contribution in [3.8, 4) is 0 Å². The fraction of sp³-hybridized carbons (Fsp3) is 0.667. The zero-order valence-electron chi connectivity index (χ0n) is 3.38. The molecule has 3 nitrogen and oxygen atoms in total. The molecule has 9 heavy (non-hydrogen) atoms. The van der Waals surface area contributed by atoms with Gasteiger partial charge in [0, 0.05) is 0 Å². The summed E-state index contributed by atoms with van der Waals surface area (Å²) in [5, 5.41) is 15.8. The molecular formula is C3H9K3O3. The molecule has 0 heterocycles. The zero-order valence-corrected chi connectivity index (χ0v) is 3.38. The van der Waals surface area contributed by atoms with Crippen molar-refractivity contribution in [2.75, 3.05) is 0 Å². The first-order valence-electron chi connectivity index (χ1n) is 1.55. The molecule has 1 unspecified atom stereocenters. The third kappa shape index (κ3) is 19.0. The summed E-state index contributed by atoms with van der Waals surface area (Å²) in [6, 6.07) is 0. The number of carboxylic acids is 1. The Morgan fingerprint density at radius 1 is 1.33 bits per heavy atom. The van der Waals surface area contributed by atoms with E-state index in [1.54, 1.807) is 0 Å². The van der Waals surface area contributed by atoms with E-state index in [-0.39, 0.29) is 154 Å². The van der Waals surface area contributed by atoms with Crippen LogP contribution in [0.5, 0.6) is 0 Å². The van der Waals surface area contributed by atoms with E-state index >= 15 is 0 Å². The van der Waals surface area contributed by atoms with Crippen LogP contribution < -0.4 is 0 Å². The average molecular weight is 210 g/mol. The van der Waals surface area contributed by atoms with Crippen LogP contribution in [0.2, 0.25) is 0 Å². The van der Waals surface area contributed by atoms with Crippen molar-refractivity contribution in [3.05, 3.63) is 0 Å². The molecule has 6 heteroatoms. The predicted octanol–water partition coefficient (Wildman–Crippen LogP) is -2.49. The van der Waals surface area contributed by atoms with E-state index in [0.29, 0.717) is 0 Å². The molecule has 2 N–H and O–H groups in total. The van der Waals surface area contributed by atoms with Gasteiger partial charge in [-0.1, -0.05) is 0 Å². The maximum atomic E-state index is 9.45. The summed E-state index contributed by atoms with van der Waals surface area (Å²) in [4.78, 5) is 9.45. The number of aliphatic carboxylic acids is 1. The second-order valence-corrected chi connectivity index (χ2v) is 1.01. The van der Waals surface area contributed by atoms with Gasteiger partial charge in [0.1, 0.15) is 6.10 Å². The van der Waals surface area contributed by atoms with Crippen molar-refractivity contribution in [1.82, 2.24) is 0 Å². The fourth-order valence-corrected chi connectivity index (χ4v) is 0. The van der Waals surface area contributed by atoms with Gasteiger partial charge in [-0.25, -0.2) is 4.79 Å². The molecule has 0 saturated carbocycles. The molecule has 1 atom stereocenters. The number of hydrogen-bond donors (Lipinski definition) is 2. The van der Waals surface area contributed by atoms with E-state index in [9.17, 15) is 4.79 Å². The summed E-state index contributed by atoms with van der Waals surface area (Å²) in [5.41, 5.74) is 0. The average Bonchev–Trinajstić information content (AvgIpc) is 1.36. The van der Waals surface area contributed by atoms with Gasteiger partial charge in [0.05, 0.1) is 0 Å². The second-order valence-electron chi connectivity index (χ2n) is 1.01. The van der Waals surface area contributed by atoms with Gasteiger partial charge in [0.2, 0.25) is 0 Å². The Balaban J connectivity index is -0.0000000417. The van der Waals surface area contributed by atoms with Crippen LogP contribution in [0.15, 0.2) is 0 Å². The molecule has 0 aliphatic carbocycles. The minimum absolute atomic E-state index is 0. The number of carbonyl (C=O) groups is 1. The van der Waals surface area contributed by atoms with Crippen molar-refractivity contribution in [2.45, 2.75) is 13.0 Å². The second kappa shape index (κ2) is 14.8. The molecule has 0 saturated heterocycles. The van der Waals surface area contributed by atoms with Crippen LogP contribution in [-0.4, -0.2) is 176 Å². The molecule has 0 amide bonds. The summed E-state index contributed by atoms with van der Waals surface area (Å²) in [7, 11) is 0. The van der Waals surface area contributed by atoms with E-state index in [2.05, 4.69) is 0 Å². The molecule has 0 aliphatic rings. The van der Waals surface area contributed by atoms with Gasteiger partial charge in [0.15, 0.2) is 0 Å². The molecular weight excluding hydrogens is 201 g/mol.